The van der Waals surface area contributed by atoms with E-state index >= 15 is 0 Å². The highest BCUT2D eigenvalue weighted by Gasteiger charge is 2.17. The second-order valence-electron chi connectivity index (χ2n) is 5.08. The van der Waals surface area contributed by atoms with E-state index in [0.29, 0.717) is 18.9 Å². The molecule has 4 N–H and O–H groups in total. The van der Waals surface area contributed by atoms with Crippen LogP contribution in [-0.4, -0.2) is 43.3 Å². The molecule has 0 aromatic rings. The fourth-order valence-electron chi connectivity index (χ4n) is 1.89. The first-order valence-corrected chi connectivity index (χ1v) is 6.62. The van der Waals surface area contributed by atoms with Crippen molar-refractivity contribution in [3.63, 3.8) is 0 Å². The molecule has 0 aliphatic rings. The Hall–Kier alpha value is -1.14. The van der Waals surface area contributed by atoms with Crippen LogP contribution in [0.1, 0.15) is 33.1 Å². The fraction of sp³-hybridized carbons (Fsp3) is 0.846. The summed E-state index contributed by atoms with van der Waals surface area (Å²) in [5.41, 5.74) is 5.59. The van der Waals surface area contributed by atoms with Crippen LogP contribution >= 0.6 is 0 Å². The van der Waals surface area contributed by atoms with Crippen LogP contribution in [0.25, 0.3) is 0 Å². The number of nitrogens with two attached hydrogens (primary N) is 1. The number of hydrogen-bond donors (Lipinski definition) is 3. The molecule has 0 saturated carbocycles. The molecule has 0 aromatic heterocycles. The van der Waals surface area contributed by atoms with Crippen LogP contribution in [0, 0.1) is 11.8 Å². The van der Waals surface area contributed by atoms with Gasteiger partial charge in [-0.2, -0.15) is 0 Å². The first kappa shape index (κ1) is 17.9. The molecular formula is C13H26N2O4. The summed E-state index contributed by atoms with van der Waals surface area (Å²) in [6.45, 7) is 4.83. The summed E-state index contributed by atoms with van der Waals surface area (Å²) in [4.78, 5) is 22.1. The van der Waals surface area contributed by atoms with Crippen molar-refractivity contribution in [2.24, 2.45) is 17.6 Å². The van der Waals surface area contributed by atoms with Gasteiger partial charge in [-0.25, -0.2) is 0 Å². The number of nitrogens with one attached hydrogen (secondary N) is 1. The first-order valence-electron chi connectivity index (χ1n) is 6.62. The number of ether oxygens (including phenoxy) is 1. The topological polar surface area (TPSA) is 102 Å². The van der Waals surface area contributed by atoms with E-state index in [4.69, 9.17) is 15.6 Å². The number of hydrogen-bond acceptors (Lipinski definition) is 4. The number of carbonyl (C=O) groups excluding carboxylic acids is 1. The molecule has 2 atom stereocenters. The highest BCUT2D eigenvalue weighted by Crippen LogP contribution is 2.20. The van der Waals surface area contributed by atoms with Crippen molar-refractivity contribution in [2.75, 3.05) is 20.3 Å². The van der Waals surface area contributed by atoms with Gasteiger partial charge in [0.25, 0.3) is 0 Å². The standard InChI is InChI=1S/C13H26N2O4/c1-9(2)10(4-5-12(16)17)6-7-15-13(18)11(14)8-19-3/h9-11H,4-8,14H2,1-3H3,(H,15,18)(H,16,17). The minimum absolute atomic E-state index is 0.167. The summed E-state index contributed by atoms with van der Waals surface area (Å²) in [6, 6.07) is -0.651. The average molecular weight is 274 g/mol. The molecule has 0 fully saturated rings. The maximum Gasteiger partial charge on any atom is 0.303 e. The van der Waals surface area contributed by atoms with E-state index in [1.165, 1.54) is 7.11 Å². The molecule has 0 heterocycles. The first-order chi connectivity index (χ1) is 8.88. The molecule has 0 radical (unpaired) electrons. The van der Waals surface area contributed by atoms with Crippen molar-refractivity contribution in [2.45, 2.75) is 39.2 Å². The predicted octanol–water partition coefficient (Wildman–Crippen LogP) is 0.603. The van der Waals surface area contributed by atoms with Gasteiger partial charge in [-0.15, -0.1) is 0 Å². The van der Waals surface area contributed by atoms with Crippen LogP contribution in [0.5, 0.6) is 0 Å². The van der Waals surface area contributed by atoms with Crippen LogP contribution in [0.15, 0.2) is 0 Å². The van der Waals surface area contributed by atoms with Crippen molar-refractivity contribution in [3.05, 3.63) is 0 Å². The molecule has 6 heteroatoms. The number of rotatable bonds is 10. The summed E-state index contributed by atoms with van der Waals surface area (Å²) >= 11 is 0. The van der Waals surface area contributed by atoms with E-state index in [1.54, 1.807) is 0 Å². The lowest BCUT2D eigenvalue weighted by atomic mass is 9.88. The van der Waals surface area contributed by atoms with Gasteiger partial charge >= 0.3 is 5.97 Å². The molecule has 0 rings (SSSR count). The van der Waals surface area contributed by atoms with Crippen molar-refractivity contribution in [1.29, 1.82) is 0 Å². The minimum atomic E-state index is -0.781. The Kier molecular flexibility index (Phi) is 9.16. The number of amides is 1. The zero-order chi connectivity index (χ0) is 14.8. The number of aliphatic carboxylic acids is 1. The average Bonchev–Trinajstić information content (AvgIpc) is 2.32. The maximum atomic E-state index is 11.5. The fourth-order valence-corrected chi connectivity index (χ4v) is 1.89. The van der Waals surface area contributed by atoms with E-state index < -0.39 is 12.0 Å². The second-order valence-corrected chi connectivity index (χ2v) is 5.08. The van der Waals surface area contributed by atoms with Crippen molar-refractivity contribution in [3.8, 4) is 0 Å². The third-order valence-corrected chi connectivity index (χ3v) is 3.17. The molecule has 0 aliphatic carbocycles. The van der Waals surface area contributed by atoms with Crippen LogP contribution in [-0.2, 0) is 14.3 Å². The highest BCUT2D eigenvalue weighted by atomic mass is 16.5. The lowest BCUT2D eigenvalue weighted by Gasteiger charge is -2.20. The summed E-state index contributed by atoms with van der Waals surface area (Å²) < 4.78 is 4.80. The molecule has 1 amide bonds. The molecule has 112 valence electrons. The normalized spacial score (nSPS) is 14.2. The lowest BCUT2D eigenvalue weighted by molar-refractivity contribution is -0.137. The summed E-state index contributed by atoms with van der Waals surface area (Å²) in [6.07, 6.45) is 1.56. The van der Waals surface area contributed by atoms with E-state index in [2.05, 4.69) is 19.2 Å². The Bertz CT molecular complexity index is 282. The van der Waals surface area contributed by atoms with E-state index in [1.807, 2.05) is 0 Å². The zero-order valence-electron chi connectivity index (χ0n) is 12.0. The van der Waals surface area contributed by atoms with Crippen LogP contribution in [0.2, 0.25) is 0 Å². The number of carboxylic acids is 1. The molecule has 0 saturated heterocycles. The van der Waals surface area contributed by atoms with Gasteiger partial charge in [-0.1, -0.05) is 13.8 Å². The van der Waals surface area contributed by atoms with Crippen molar-refractivity contribution >= 4 is 11.9 Å². The molecule has 0 spiro atoms. The summed E-state index contributed by atoms with van der Waals surface area (Å²) in [7, 11) is 1.49. The van der Waals surface area contributed by atoms with Crippen molar-refractivity contribution in [1.82, 2.24) is 5.32 Å². The molecule has 6 nitrogen and oxygen atoms in total. The SMILES string of the molecule is COCC(N)C(=O)NCCC(CCC(=O)O)C(C)C. The number of carbonyl (C=O) groups is 2. The number of carboxylic acid groups (broad SMARTS) is 1. The lowest BCUT2D eigenvalue weighted by Crippen LogP contribution is -2.44. The molecule has 19 heavy (non-hydrogen) atoms. The van der Waals surface area contributed by atoms with E-state index in [0.717, 1.165) is 6.42 Å². The Morgan fingerprint density at radius 3 is 2.42 bits per heavy atom. The largest absolute Gasteiger partial charge is 0.481 e. The van der Waals surface area contributed by atoms with Gasteiger partial charge in [-0.05, 0) is 24.7 Å². The third kappa shape index (κ3) is 8.56. The van der Waals surface area contributed by atoms with E-state index in [9.17, 15) is 9.59 Å². The zero-order valence-corrected chi connectivity index (χ0v) is 12.0. The Morgan fingerprint density at radius 2 is 1.95 bits per heavy atom. The van der Waals surface area contributed by atoms with Crippen LogP contribution in [0.4, 0.5) is 0 Å². The van der Waals surface area contributed by atoms with Gasteiger partial charge in [-0.3, -0.25) is 9.59 Å². The molecule has 0 aromatic carbocycles. The molecule has 0 bridgehead atoms. The van der Waals surface area contributed by atoms with E-state index in [-0.39, 0.29) is 24.9 Å². The number of methoxy groups -OCH3 is 1. The molecule has 0 aliphatic heterocycles. The second kappa shape index (κ2) is 9.75. The van der Waals surface area contributed by atoms with Crippen molar-refractivity contribution < 1.29 is 19.4 Å². The van der Waals surface area contributed by atoms with Gasteiger partial charge in [0.1, 0.15) is 6.04 Å². The Labute approximate surface area is 114 Å². The third-order valence-electron chi connectivity index (χ3n) is 3.17. The van der Waals surface area contributed by atoms with Gasteiger partial charge in [0.05, 0.1) is 6.61 Å². The quantitative estimate of drug-likeness (QED) is 0.541. The van der Waals surface area contributed by atoms with Gasteiger partial charge in [0.2, 0.25) is 5.91 Å². The summed E-state index contributed by atoms with van der Waals surface area (Å²) in [5.74, 6) is -0.335. The van der Waals surface area contributed by atoms with Crippen LogP contribution < -0.4 is 11.1 Å². The molecular weight excluding hydrogens is 248 g/mol. The predicted molar refractivity (Wildman–Crippen MR) is 72.7 cm³/mol. The van der Waals surface area contributed by atoms with Crippen LogP contribution in [0.3, 0.4) is 0 Å². The molecule has 2 unspecified atom stereocenters. The van der Waals surface area contributed by atoms with Gasteiger partial charge < -0.3 is 20.9 Å². The monoisotopic (exact) mass is 274 g/mol. The van der Waals surface area contributed by atoms with Gasteiger partial charge in [0.15, 0.2) is 0 Å². The Morgan fingerprint density at radius 1 is 1.32 bits per heavy atom. The highest BCUT2D eigenvalue weighted by molar-refractivity contribution is 5.81. The smallest absolute Gasteiger partial charge is 0.303 e. The van der Waals surface area contributed by atoms with Gasteiger partial charge in [0, 0.05) is 20.1 Å². The Balaban J connectivity index is 3.98. The minimum Gasteiger partial charge on any atom is -0.481 e. The summed E-state index contributed by atoms with van der Waals surface area (Å²) in [5, 5.41) is 11.4. The maximum absolute atomic E-state index is 11.5.